The number of aromatic amines is 1. The quantitative estimate of drug-likeness (QED) is 0.281. The highest BCUT2D eigenvalue weighted by molar-refractivity contribution is 6.06. The molecule has 1 N–H and O–H groups in total. The van der Waals surface area contributed by atoms with Crippen molar-refractivity contribution in [3.05, 3.63) is 54.1 Å². The van der Waals surface area contributed by atoms with E-state index in [2.05, 4.69) is 33.4 Å². The molecule has 5 aromatic rings. The van der Waals surface area contributed by atoms with Gasteiger partial charge in [-0.15, -0.1) is 0 Å². The molecule has 11 nitrogen and oxygen atoms in total. The Morgan fingerprint density at radius 3 is 2.65 bits per heavy atom. The Labute approximate surface area is 265 Å². The van der Waals surface area contributed by atoms with Crippen LogP contribution in [0, 0.1) is 5.41 Å². The second kappa shape index (κ2) is 9.19. The number of piperidine rings is 1. The number of ether oxygens (including phenoxy) is 3. The van der Waals surface area contributed by atoms with Gasteiger partial charge in [0.15, 0.2) is 0 Å². The van der Waals surface area contributed by atoms with E-state index in [0.717, 1.165) is 108 Å². The molecule has 1 amide bonds. The van der Waals surface area contributed by atoms with Crippen LogP contribution in [0.1, 0.15) is 56.1 Å². The van der Waals surface area contributed by atoms with E-state index < -0.39 is 0 Å². The molecular formula is C35H37N7O4. The third kappa shape index (κ3) is 3.78. The van der Waals surface area contributed by atoms with Gasteiger partial charge in [-0.1, -0.05) is 6.07 Å². The minimum Gasteiger partial charge on any atom is -0.443 e. The molecule has 1 unspecified atom stereocenters. The Bertz CT molecular complexity index is 2050. The zero-order valence-corrected chi connectivity index (χ0v) is 26.2. The molecule has 11 heteroatoms. The van der Waals surface area contributed by atoms with Crippen LogP contribution in [-0.2, 0) is 40.5 Å². The van der Waals surface area contributed by atoms with Crippen molar-refractivity contribution >= 4 is 28.0 Å². The summed E-state index contributed by atoms with van der Waals surface area (Å²) in [6.45, 7) is 2.70. The molecule has 0 bridgehead atoms. The fraction of sp³-hybridized carbons (Fsp3) is 0.486. The predicted molar refractivity (Wildman–Crippen MR) is 170 cm³/mol. The van der Waals surface area contributed by atoms with Crippen molar-refractivity contribution in [2.75, 3.05) is 19.7 Å². The normalized spacial score (nSPS) is 23.5. The van der Waals surface area contributed by atoms with Gasteiger partial charge in [0.1, 0.15) is 17.4 Å². The van der Waals surface area contributed by atoms with E-state index in [-0.39, 0.29) is 28.8 Å². The molecule has 46 heavy (non-hydrogen) atoms. The van der Waals surface area contributed by atoms with Crippen molar-refractivity contribution in [2.45, 2.75) is 68.9 Å². The first-order valence-electron chi connectivity index (χ1n) is 16.5. The summed E-state index contributed by atoms with van der Waals surface area (Å²) in [5.41, 5.74) is 8.28. The zero-order valence-electron chi connectivity index (χ0n) is 26.2. The Morgan fingerprint density at radius 2 is 1.87 bits per heavy atom. The fourth-order valence-electron chi connectivity index (χ4n) is 9.12. The lowest BCUT2D eigenvalue weighted by Crippen LogP contribution is -2.55. The van der Waals surface area contributed by atoms with Gasteiger partial charge in [-0.3, -0.25) is 9.36 Å². The number of fused-ring (bicyclic) bond motifs is 5. The molecule has 1 atom stereocenters. The highest BCUT2D eigenvalue weighted by atomic mass is 16.6. The Morgan fingerprint density at radius 1 is 1.02 bits per heavy atom. The lowest BCUT2D eigenvalue weighted by molar-refractivity contribution is -0.181. The Balaban J connectivity index is 0.986. The molecule has 5 aliphatic rings. The number of H-pyrrole nitrogens is 1. The van der Waals surface area contributed by atoms with Crippen LogP contribution < -0.4 is 0 Å². The molecule has 4 fully saturated rings. The molecule has 1 aromatic carbocycles. The van der Waals surface area contributed by atoms with E-state index in [1.165, 1.54) is 5.56 Å². The maximum Gasteiger partial charge on any atom is 0.410 e. The van der Waals surface area contributed by atoms with E-state index in [4.69, 9.17) is 19.2 Å². The predicted octanol–water partition coefficient (Wildman–Crippen LogP) is 5.58. The van der Waals surface area contributed by atoms with Crippen molar-refractivity contribution in [2.24, 2.45) is 19.5 Å². The molecule has 236 valence electrons. The summed E-state index contributed by atoms with van der Waals surface area (Å²) in [6.07, 6.45) is 14.2. The molecule has 3 aliphatic heterocycles. The van der Waals surface area contributed by atoms with Crippen molar-refractivity contribution in [3.8, 4) is 22.4 Å². The zero-order chi connectivity index (χ0) is 30.8. The van der Waals surface area contributed by atoms with E-state index >= 15 is 0 Å². The highest BCUT2D eigenvalue weighted by Crippen LogP contribution is 2.65. The van der Waals surface area contributed by atoms with Gasteiger partial charge in [0.2, 0.25) is 0 Å². The van der Waals surface area contributed by atoms with Crippen LogP contribution in [0.25, 0.3) is 44.3 Å². The molecule has 0 radical (unpaired) electrons. The first kappa shape index (κ1) is 26.9. The third-order valence-electron chi connectivity index (χ3n) is 11.6. The third-order valence-corrected chi connectivity index (χ3v) is 11.6. The Kier molecular flexibility index (Phi) is 5.39. The molecule has 2 saturated heterocycles. The van der Waals surface area contributed by atoms with Crippen LogP contribution in [0.4, 0.5) is 4.79 Å². The van der Waals surface area contributed by atoms with Crippen LogP contribution in [0.3, 0.4) is 0 Å². The van der Waals surface area contributed by atoms with Crippen LogP contribution >= 0.6 is 0 Å². The van der Waals surface area contributed by atoms with Gasteiger partial charge in [-0.25, -0.2) is 9.78 Å². The van der Waals surface area contributed by atoms with Crippen LogP contribution in [0.5, 0.6) is 0 Å². The molecule has 2 aliphatic carbocycles. The lowest BCUT2D eigenvalue weighted by atomic mass is 9.53. The smallest absolute Gasteiger partial charge is 0.410 e. The summed E-state index contributed by atoms with van der Waals surface area (Å²) in [6, 6.07) is 6.56. The first-order chi connectivity index (χ1) is 22.3. The number of aryl methyl sites for hydroxylation is 2. The number of pyridine rings is 1. The standard InChI is InChI=1S/C35H37N7O4/c1-40-17-23(16-37-40)30-27(21-3-4-25-22(13-21)15-38-41(25)2)28-29-24(14-36-31(28)39-30)18-45-35(29)19-33(20-35)8-10-42(11-9-33)32(43)46-26-5-12-44-34(26)6-7-34/h3-4,13-17,26H,5-12,18-20H2,1-2H3,(H,36,39). The van der Waals surface area contributed by atoms with Crippen molar-refractivity contribution in [1.82, 2.24) is 34.4 Å². The van der Waals surface area contributed by atoms with Gasteiger partial charge < -0.3 is 24.1 Å². The fourth-order valence-corrected chi connectivity index (χ4v) is 9.12. The first-order valence-corrected chi connectivity index (χ1v) is 16.5. The summed E-state index contributed by atoms with van der Waals surface area (Å²) in [4.78, 5) is 23.6. The number of carbonyl (C=O) groups is 1. The van der Waals surface area contributed by atoms with E-state index in [1.54, 1.807) is 0 Å². The second-order valence-corrected chi connectivity index (χ2v) is 14.4. The van der Waals surface area contributed by atoms with E-state index in [1.807, 2.05) is 53.1 Å². The molecule has 2 saturated carbocycles. The van der Waals surface area contributed by atoms with Gasteiger partial charge in [0, 0.05) is 79.0 Å². The molecule has 4 aromatic heterocycles. The van der Waals surface area contributed by atoms with Gasteiger partial charge in [-0.2, -0.15) is 10.2 Å². The number of nitrogens with one attached hydrogen (secondary N) is 1. The van der Waals surface area contributed by atoms with Gasteiger partial charge in [0.05, 0.1) is 42.4 Å². The topological polar surface area (TPSA) is 112 Å². The number of aromatic nitrogens is 6. The van der Waals surface area contributed by atoms with Crippen LogP contribution in [0.2, 0.25) is 0 Å². The number of likely N-dealkylation sites (tertiary alicyclic amines) is 1. The lowest BCUT2D eigenvalue weighted by Gasteiger charge is -2.57. The maximum atomic E-state index is 13.1. The minimum atomic E-state index is -0.361. The summed E-state index contributed by atoms with van der Waals surface area (Å²) >= 11 is 0. The average molecular weight is 620 g/mol. The number of carbonyl (C=O) groups excluding carboxylic acids is 1. The minimum absolute atomic E-state index is 0.0896. The monoisotopic (exact) mass is 619 g/mol. The Hall–Kier alpha value is -4.22. The number of nitrogens with zero attached hydrogens (tertiary/aromatic N) is 6. The van der Waals surface area contributed by atoms with Gasteiger partial charge in [-0.05, 0) is 61.6 Å². The van der Waals surface area contributed by atoms with Crippen LogP contribution in [-0.4, -0.2) is 71.9 Å². The summed E-state index contributed by atoms with van der Waals surface area (Å²) in [5, 5.41) is 11.2. The molecule has 3 spiro atoms. The molecule has 10 rings (SSSR count). The number of hydrogen-bond donors (Lipinski definition) is 1. The van der Waals surface area contributed by atoms with Crippen molar-refractivity contribution in [1.29, 1.82) is 0 Å². The average Bonchev–Trinajstić information content (AvgIpc) is 3.49. The summed E-state index contributed by atoms with van der Waals surface area (Å²) in [7, 11) is 3.91. The van der Waals surface area contributed by atoms with Crippen molar-refractivity contribution < 1.29 is 19.0 Å². The second-order valence-electron chi connectivity index (χ2n) is 14.4. The molecule has 7 heterocycles. The van der Waals surface area contributed by atoms with E-state index in [9.17, 15) is 4.79 Å². The van der Waals surface area contributed by atoms with E-state index in [0.29, 0.717) is 13.2 Å². The summed E-state index contributed by atoms with van der Waals surface area (Å²) in [5.74, 6) is 0. The van der Waals surface area contributed by atoms with Crippen LogP contribution in [0.15, 0.2) is 43.0 Å². The largest absolute Gasteiger partial charge is 0.443 e. The maximum absolute atomic E-state index is 13.1. The summed E-state index contributed by atoms with van der Waals surface area (Å²) < 4.78 is 22.4. The van der Waals surface area contributed by atoms with Gasteiger partial charge >= 0.3 is 6.09 Å². The number of amides is 1. The van der Waals surface area contributed by atoms with Gasteiger partial charge in [0.25, 0.3) is 0 Å². The number of hydrogen-bond acceptors (Lipinski definition) is 7. The number of rotatable bonds is 3. The molecular weight excluding hydrogens is 582 g/mol. The van der Waals surface area contributed by atoms with Crippen molar-refractivity contribution in [3.63, 3.8) is 0 Å². The highest BCUT2D eigenvalue weighted by Gasteiger charge is 2.61. The number of benzene rings is 1. The SMILES string of the molecule is Cn1cc(-c2[nH]c3ncc4c(c3c2-c2ccc3c(cnn3C)c2)C2(CC3(CCN(C(=O)OC5CCOC56CC6)CC3)C2)OC4)cn1.